The van der Waals surface area contributed by atoms with Gasteiger partial charge in [0.25, 0.3) is 0 Å². The summed E-state index contributed by atoms with van der Waals surface area (Å²) >= 11 is 1.44. The van der Waals surface area contributed by atoms with Gasteiger partial charge in [0.1, 0.15) is 12.1 Å². The SMILES string of the molecule is CSCCC(NC(=O)CNC(=O)C(CO)NC(=O)C(N)CCCCN)C(=O)O. The highest BCUT2D eigenvalue weighted by Gasteiger charge is 2.24. The van der Waals surface area contributed by atoms with Gasteiger partial charge in [0.2, 0.25) is 17.7 Å². The van der Waals surface area contributed by atoms with Crippen LogP contribution in [0.1, 0.15) is 25.7 Å². The van der Waals surface area contributed by atoms with Gasteiger partial charge in [-0.2, -0.15) is 11.8 Å². The predicted octanol–water partition coefficient (Wildman–Crippen LogP) is -2.64. The molecule has 0 aromatic rings. The number of carboxylic acids is 1. The summed E-state index contributed by atoms with van der Waals surface area (Å²) < 4.78 is 0. The number of aliphatic carboxylic acids is 1. The minimum absolute atomic E-state index is 0.244. The average molecular weight is 422 g/mol. The van der Waals surface area contributed by atoms with E-state index < -0.39 is 55.0 Å². The second-order valence-corrected chi connectivity index (χ2v) is 7.08. The second kappa shape index (κ2) is 15.1. The molecule has 0 rings (SSSR count). The number of carbonyl (C=O) groups is 4. The van der Waals surface area contributed by atoms with Crippen molar-refractivity contribution in [3.63, 3.8) is 0 Å². The van der Waals surface area contributed by atoms with Crippen molar-refractivity contribution in [2.45, 2.75) is 43.8 Å². The number of thioether (sulfide) groups is 1. The number of carbonyl (C=O) groups excluding carboxylic acids is 3. The quantitative estimate of drug-likeness (QED) is 0.138. The number of aliphatic hydroxyl groups excluding tert-OH is 1. The van der Waals surface area contributed by atoms with E-state index in [9.17, 15) is 24.3 Å². The first kappa shape index (κ1) is 26.1. The number of nitrogens with one attached hydrogen (secondary N) is 3. The molecule has 9 N–H and O–H groups in total. The van der Waals surface area contributed by atoms with Gasteiger partial charge < -0.3 is 37.6 Å². The van der Waals surface area contributed by atoms with Gasteiger partial charge in [-0.3, -0.25) is 14.4 Å². The molecule has 0 aliphatic carbocycles. The molecule has 11 nitrogen and oxygen atoms in total. The largest absolute Gasteiger partial charge is 0.480 e. The van der Waals surface area contributed by atoms with Crippen molar-refractivity contribution in [2.75, 3.05) is 31.7 Å². The fourth-order valence-corrected chi connectivity index (χ4v) is 2.61. The molecule has 3 amide bonds. The number of hydrogen-bond acceptors (Lipinski definition) is 8. The van der Waals surface area contributed by atoms with Crippen LogP contribution < -0.4 is 27.4 Å². The highest BCUT2D eigenvalue weighted by atomic mass is 32.2. The lowest BCUT2D eigenvalue weighted by molar-refractivity contribution is -0.141. The molecule has 0 aromatic carbocycles. The first-order valence-electron chi connectivity index (χ1n) is 8.92. The number of unbranched alkanes of at least 4 members (excludes halogenated alkanes) is 1. The van der Waals surface area contributed by atoms with Gasteiger partial charge in [-0.05, 0) is 37.8 Å². The highest BCUT2D eigenvalue weighted by molar-refractivity contribution is 7.98. The lowest BCUT2D eigenvalue weighted by Gasteiger charge is -2.19. The normalized spacial score (nSPS) is 13.9. The third kappa shape index (κ3) is 11.1. The molecule has 0 radical (unpaired) electrons. The van der Waals surface area contributed by atoms with Crippen LogP contribution in [-0.4, -0.2) is 83.7 Å². The molecule has 162 valence electrons. The van der Waals surface area contributed by atoms with Crippen molar-refractivity contribution in [3.8, 4) is 0 Å². The molecule has 0 bridgehead atoms. The van der Waals surface area contributed by atoms with Gasteiger partial charge in [0.05, 0.1) is 19.2 Å². The third-order valence-corrected chi connectivity index (χ3v) is 4.43. The Bertz CT molecular complexity index is 522. The van der Waals surface area contributed by atoms with Crippen molar-refractivity contribution < 1.29 is 29.4 Å². The summed E-state index contributed by atoms with van der Waals surface area (Å²) in [6.07, 6.45) is 3.82. The van der Waals surface area contributed by atoms with Crippen molar-refractivity contribution in [1.29, 1.82) is 0 Å². The van der Waals surface area contributed by atoms with Crippen LogP contribution >= 0.6 is 11.8 Å². The van der Waals surface area contributed by atoms with Gasteiger partial charge in [-0.1, -0.05) is 6.42 Å². The zero-order valence-corrected chi connectivity index (χ0v) is 16.8. The molecular formula is C16H31N5O6S. The Morgan fingerprint density at radius 1 is 1.04 bits per heavy atom. The standard InChI is InChI=1S/C16H31N5O6S/c1-28-7-5-11(16(26)27)20-13(23)8-19-15(25)12(9-22)21-14(24)10(18)4-2-3-6-17/h10-12,22H,2-9,17-18H2,1H3,(H,19,25)(H,20,23)(H,21,24)(H,26,27). The van der Waals surface area contributed by atoms with Crippen molar-refractivity contribution in [3.05, 3.63) is 0 Å². The van der Waals surface area contributed by atoms with E-state index in [1.165, 1.54) is 11.8 Å². The fraction of sp³-hybridized carbons (Fsp3) is 0.750. The smallest absolute Gasteiger partial charge is 0.326 e. The van der Waals surface area contributed by atoms with E-state index in [2.05, 4.69) is 16.0 Å². The molecule has 28 heavy (non-hydrogen) atoms. The number of aliphatic hydroxyl groups is 1. The van der Waals surface area contributed by atoms with Gasteiger partial charge in [-0.25, -0.2) is 4.79 Å². The van der Waals surface area contributed by atoms with Crippen LogP contribution in [-0.2, 0) is 19.2 Å². The van der Waals surface area contributed by atoms with Crippen LogP contribution in [0, 0.1) is 0 Å². The van der Waals surface area contributed by atoms with Crippen molar-refractivity contribution in [2.24, 2.45) is 11.5 Å². The van der Waals surface area contributed by atoms with Crippen molar-refractivity contribution in [1.82, 2.24) is 16.0 Å². The molecule has 0 spiro atoms. The van der Waals surface area contributed by atoms with Gasteiger partial charge >= 0.3 is 5.97 Å². The Hall–Kier alpha value is -1.89. The molecule has 0 saturated carbocycles. The average Bonchev–Trinajstić information content (AvgIpc) is 2.66. The number of nitrogens with two attached hydrogens (primary N) is 2. The molecule has 12 heteroatoms. The Balaban J connectivity index is 4.46. The molecule has 3 unspecified atom stereocenters. The minimum Gasteiger partial charge on any atom is -0.480 e. The summed E-state index contributed by atoms with van der Waals surface area (Å²) in [6.45, 7) is -0.685. The number of carboxylic acid groups (broad SMARTS) is 1. The maximum Gasteiger partial charge on any atom is 0.326 e. The maximum absolute atomic E-state index is 12.0. The first-order chi connectivity index (χ1) is 13.3. The van der Waals surface area contributed by atoms with E-state index in [1.807, 2.05) is 6.26 Å². The topological polar surface area (TPSA) is 197 Å². The molecule has 0 fully saturated rings. The molecule has 0 aliphatic heterocycles. The molecule has 3 atom stereocenters. The molecular weight excluding hydrogens is 390 g/mol. The minimum atomic E-state index is -1.27. The number of hydrogen-bond donors (Lipinski definition) is 7. The van der Waals surface area contributed by atoms with Crippen LogP contribution in [0.5, 0.6) is 0 Å². The van der Waals surface area contributed by atoms with E-state index >= 15 is 0 Å². The zero-order chi connectivity index (χ0) is 21.5. The van der Waals surface area contributed by atoms with Gasteiger partial charge in [0, 0.05) is 0 Å². The summed E-state index contributed by atoms with van der Waals surface area (Å²) in [5.74, 6) is -2.69. The van der Waals surface area contributed by atoms with Crippen LogP contribution in [0.3, 0.4) is 0 Å². The lowest BCUT2D eigenvalue weighted by Crippen LogP contribution is -2.54. The Kier molecular flexibility index (Phi) is 14.1. The first-order valence-corrected chi connectivity index (χ1v) is 10.3. The maximum atomic E-state index is 12.0. The van der Waals surface area contributed by atoms with Gasteiger partial charge in [-0.15, -0.1) is 0 Å². The summed E-state index contributed by atoms with van der Waals surface area (Å²) in [5, 5.41) is 25.3. The summed E-state index contributed by atoms with van der Waals surface area (Å²) in [5.41, 5.74) is 11.1. The van der Waals surface area contributed by atoms with E-state index in [0.717, 1.165) is 0 Å². The predicted molar refractivity (Wildman–Crippen MR) is 105 cm³/mol. The Morgan fingerprint density at radius 2 is 1.71 bits per heavy atom. The molecule has 0 saturated heterocycles. The monoisotopic (exact) mass is 421 g/mol. The van der Waals surface area contributed by atoms with E-state index in [4.69, 9.17) is 16.6 Å². The van der Waals surface area contributed by atoms with Gasteiger partial charge in [0.15, 0.2) is 0 Å². The Labute approximate surface area is 168 Å². The van der Waals surface area contributed by atoms with E-state index in [1.54, 1.807) is 0 Å². The molecule has 0 aromatic heterocycles. The van der Waals surface area contributed by atoms with Crippen LogP contribution in [0.25, 0.3) is 0 Å². The molecule has 0 aliphatic rings. The van der Waals surface area contributed by atoms with Crippen LogP contribution in [0.4, 0.5) is 0 Å². The molecule has 0 heterocycles. The fourth-order valence-electron chi connectivity index (χ4n) is 2.14. The van der Waals surface area contributed by atoms with E-state index in [0.29, 0.717) is 31.6 Å². The zero-order valence-electron chi connectivity index (χ0n) is 16.0. The Morgan fingerprint density at radius 3 is 2.25 bits per heavy atom. The third-order valence-electron chi connectivity index (χ3n) is 3.79. The summed E-state index contributed by atoms with van der Waals surface area (Å²) in [4.78, 5) is 47.0. The van der Waals surface area contributed by atoms with E-state index in [-0.39, 0.29) is 6.42 Å². The van der Waals surface area contributed by atoms with Crippen LogP contribution in [0.2, 0.25) is 0 Å². The summed E-state index contributed by atoms with van der Waals surface area (Å²) in [6, 6.07) is -3.17. The number of amides is 3. The number of rotatable bonds is 15. The van der Waals surface area contributed by atoms with Crippen molar-refractivity contribution >= 4 is 35.5 Å². The van der Waals surface area contributed by atoms with Crippen LogP contribution in [0.15, 0.2) is 0 Å². The summed E-state index contributed by atoms with van der Waals surface area (Å²) in [7, 11) is 0. The highest BCUT2D eigenvalue weighted by Crippen LogP contribution is 2.01. The second-order valence-electron chi connectivity index (χ2n) is 6.09. The lowest BCUT2D eigenvalue weighted by atomic mass is 10.1.